The fourth-order valence-corrected chi connectivity index (χ4v) is 4.12. The van der Waals surface area contributed by atoms with E-state index in [0.717, 1.165) is 37.8 Å². The maximum absolute atomic E-state index is 11.6. The molecule has 142 valence electrons. The van der Waals surface area contributed by atoms with Crippen molar-refractivity contribution < 1.29 is 19.6 Å². The Morgan fingerprint density at radius 2 is 2.31 bits per heavy atom. The van der Waals surface area contributed by atoms with E-state index in [9.17, 15) is 20.0 Å². The second-order valence-electron chi connectivity index (χ2n) is 7.20. The Bertz CT molecular complexity index is 691. The Morgan fingerprint density at radius 3 is 3.00 bits per heavy atom. The molecule has 1 saturated heterocycles. The van der Waals surface area contributed by atoms with Gasteiger partial charge in [0.05, 0.1) is 17.6 Å². The lowest BCUT2D eigenvalue weighted by Gasteiger charge is -2.49. The van der Waals surface area contributed by atoms with E-state index in [1.54, 1.807) is 6.07 Å². The number of nitrogens with zero attached hydrogens (tertiary/aromatic N) is 2. The molecule has 0 radical (unpaired) electrons. The van der Waals surface area contributed by atoms with Crippen molar-refractivity contribution in [1.82, 2.24) is 10.2 Å². The number of ether oxygens (including phenoxy) is 1. The third kappa shape index (κ3) is 3.96. The Balaban J connectivity index is 1.72. The largest absolute Gasteiger partial charge is 0.502 e. The van der Waals surface area contributed by atoms with Gasteiger partial charge in [0.1, 0.15) is 5.60 Å². The zero-order valence-corrected chi connectivity index (χ0v) is 14.9. The maximum atomic E-state index is 11.6. The number of carbonyl (C=O) groups is 1. The first-order chi connectivity index (χ1) is 12.4. The van der Waals surface area contributed by atoms with E-state index < -0.39 is 4.92 Å². The molecule has 3 rings (SSSR count). The average molecular weight is 363 g/mol. The normalized spacial score (nSPS) is 26.6. The minimum Gasteiger partial charge on any atom is -0.502 e. The van der Waals surface area contributed by atoms with Gasteiger partial charge in [0.15, 0.2) is 5.75 Å². The molecule has 26 heavy (non-hydrogen) atoms. The monoisotopic (exact) mass is 363 g/mol. The van der Waals surface area contributed by atoms with Gasteiger partial charge in [0.2, 0.25) is 5.91 Å². The van der Waals surface area contributed by atoms with Gasteiger partial charge in [-0.2, -0.15) is 0 Å². The Kier molecular flexibility index (Phi) is 5.43. The topological polar surface area (TPSA) is 105 Å². The molecule has 1 amide bonds. The summed E-state index contributed by atoms with van der Waals surface area (Å²) < 4.78 is 6.17. The molecule has 1 spiro atoms. The number of morpholine rings is 1. The summed E-state index contributed by atoms with van der Waals surface area (Å²) in [5, 5.41) is 23.7. The van der Waals surface area contributed by atoms with E-state index in [1.807, 2.05) is 0 Å². The number of nitro groups is 1. The molecule has 2 fully saturated rings. The molecule has 2 unspecified atom stereocenters. The highest BCUT2D eigenvalue weighted by Gasteiger charge is 2.45. The molecule has 8 heteroatoms. The predicted octanol–water partition coefficient (Wildman–Crippen LogP) is 1.95. The number of hydrogen-bond acceptors (Lipinski definition) is 6. The minimum absolute atomic E-state index is 0.00168. The number of rotatable bonds is 4. The first-order valence-corrected chi connectivity index (χ1v) is 8.99. The SMILES string of the molecule is CC(=O)NC1CCCCC12CN(Cc1ccc([N+](=O)[O-])c(O)c1)CCO2. The summed E-state index contributed by atoms with van der Waals surface area (Å²) in [5.74, 6) is -0.360. The Morgan fingerprint density at radius 1 is 1.50 bits per heavy atom. The number of aromatic hydroxyl groups is 1. The first-order valence-electron chi connectivity index (χ1n) is 8.99. The summed E-state index contributed by atoms with van der Waals surface area (Å²) in [6, 6.07) is 4.46. The molecule has 0 aromatic heterocycles. The van der Waals surface area contributed by atoms with Crippen LogP contribution < -0.4 is 5.32 Å². The Labute approximate surface area is 152 Å². The standard InChI is InChI=1S/C18H25N3O5/c1-13(22)19-17-4-2-3-7-18(17)12-20(8-9-26-18)11-14-5-6-15(21(24)25)16(23)10-14/h5-6,10,17,23H,2-4,7-9,11-12H2,1H3,(H,19,22). The van der Waals surface area contributed by atoms with Gasteiger partial charge in [-0.3, -0.25) is 19.8 Å². The second-order valence-corrected chi connectivity index (χ2v) is 7.20. The lowest BCUT2D eigenvalue weighted by Crippen LogP contribution is -2.63. The van der Waals surface area contributed by atoms with E-state index in [4.69, 9.17) is 4.74 Å². The molecular formula is C18H25N3O5. The molecular weight excluding hydrogens is 338 g/mol. The van der Waals surface area contributed by atoms with Crippen molar-refractivity contribution in [2.75, 3.05) is 19.7 Å². The summed E-state index contributed by atoms with van der Waals surface area (Å²) in [6.07, 6.45) is 3.96. The fourth-order valence-electron chi connectivity index (χ4n) is 4.12. The van der Waals surface area contributed by atoms with E-state index >= 15 is 0 Å². The third-order valence-electron chi connectivity index (χ3n) is 5.29. The van der Waals surface area contributed by atoms with Crippen molar-refractivity contribution in [1.29, 1.82) is 0 Å². The van der Waals surface area contributed by atoms with Crippen LogP contribution in [0.25, 0.3) is 0 Å². The molecule has 1 aliphatic carbocycles. The van der Waals surface area contributed by atoms with Crippen LogP contribution in [0, 0.1) is 10.1 Å². The smallest absolute Gasteiger partial charge is 0.310 e. The van der Waals surface area contributed by atoms with E-state index in [0.29, 0.717) is 19.7 Å². The number of benzene rings is 1. The van der Waals surface area contributed by atoms with Crippen LogP contribution in [0.1, 0.15) is 38.2 Å². The van der Waals surface area contributed by atoms with Gasteiger partial charge in [0.25, 0.3) is 0 Å². The van der Waals surface area contributed by atoms with Crippen LogP contribution in [-0.4, -0.2) is 52.2 Å². The molecule has 0 bridgehead atoms. The molecule has 1 heterocycles. The summed E-state index contributed by atoms with van der Waals surface area (Å²) in [7, 11) is 0. The minimum atomic E-state index is -0.594. The number of nitrogens with one attached hydrogen (secondary N) is 1. The van der Waals surface area contributed by atoms with E-state index in [2.05, 4.69) is 10.2 Å². The molecule has 1 aliphatic heterocycles. The van der Waals surface area contributed by atoms with Crippen molar-refractivity contribution in [3.8, 4) is 5.75 Å². The molecule has 1 saturated carbocycles. The number of phenolic OH excluding ortho intramolecular Hbond substituents is 1. The van der Waals surface area contributed by atoms with Gasteiger partial charge >= 0.3 is 5.69 Å². The maximum Gasteiger partial charge on any atom is 0.310 e. The van der Waals surface area contributed by atoms with Crippen LogP contribution in [-0.2, 0) is 16.1 Å². The summed E-state index contributed by atoms with van der Waals surface area (Å²) in [4.78, 5) is 24.0. The Hall–Kier alpha value is -2.19. The summed E-state index contributed by atoms with van der Waals surface area (Å²) >= 11 is 0. The highest BCUT2D eigenvalue weighted by molar-refractivity contribution is 5.73. The van der Waals surface area contributed by atoms with Gasteiger partial charge in [-0.1, -0.05) is 18.9 Å². The number of carbonyl (C=O) groups excluding carboxylic acids is 1. The van der Waals surface area contributed by atoms with Crippen LogP contribution in [0.15, 0.2) is 18.2 Å². The molecule has 2 N–H and O–H groups in total. The van der Waals surface area contributed by atoms with E-state index in [1.165, 1.54) is 19.1 Å². The zero-order valence-electron chi connectivity index (χ0n) is 14.9. The third-order valence-corrected chi connectivity index (χ3v) is 5.29. The number of amides is 1. The summed E-state index contributed by atoms with van der Waals surface area (Å²) in [5.41, 5.74) is 0.146. The van der Waals surface area contributed by atoms with Crippen LogP contribution in [0.5, 0.6) is 5.75 Å². The fraction of sp³-hybridized carbons (Fsp3) is 0.611. The van der Waals surface area contributed by atoms with Crippen molar-refractivity contribution in [2.45, 2.75) is 50.8 Å². The van der Waals surface area contributed by atoms with E-state index in [-0.39, 0.29) is 29.0 Å². The molecule has 2 aliphatic rings. The quantitative estimate of drug-likeness (QED) is 0.626. The van der Waals surface area contributed by atoms with Crippen molar-refractivity contribution in [3.05, 3.63) is 33.9 Å². The van der Waals surface area contributed by atoms with Crippen molar-refractivity contribution in [2.24, 2.45) is 0 Å². The van der Waals surface area contributed by atoms with Crippen molar-refractivity contribution >= 4 is 11.6 Å². The highest BCUT2D eigenvalue weighted by Crippen LogP contribution is 2.35. The van der Waals surface area contributed by atoms with Crippen LogP contribution in [0.4, 0.5) is 5.69 Å². The summed E-state index contributed by atoms with van der Waals surface area (Å²) in [6.45, 7) is 4.11. The molecule has 8 nitrogen and oxygen atoms in total. The number of phenols is 1. The number of nitro benzene ring substituents is 1. The van der Waals surface area contributed by atoms with Gasteiger partial charge in [-0.15, -0.1) is 0 Å². The molecule has 2 atom stereocenters. The lowest BCUT2D eigenvalue weighted by atomic mass is 9.78. The van der Waals surface area contributed by atoms with Crippen LogP contribution >= 0.6 is 0 Å². The highest BCUT2D eigenvalue weighted by atomic mass is 16.6. The van der Waals surface area contributed by atoms with Crippen LogP contribution in [0.2, 0.25) is 0 Å². The van der Waals surface area contributed by atoms with Gasteiger partial charge in [-0.25, -0.2) is 0 Å². The first kappa shape index (κ1) is 18.6. The average Bonchev–Trinajstić information content (AvgIpc) is 2.57. The molecule has 1 aromatic rings. The lowest BCUT2D eigenvalue weighted by molar-refractivity contribution is -0.385. The zero-order chi connectivity index (χ0) is 18.7. The van der Waals surface area contributed by atoms with Gasteiger partial charge in [0, 0.05) is 32.6 Å². The number of hydrogen-bond donors (Lipinski definition) is 2. The molecule has 1 aromatic carbocycles. The van der Waals surface area contributed by atoms with Gasteiger partial charge < -0.3 is 15.2 Å². The predicted molar refractivity (Wildman–Crippen MR) is 94.8 cm³/mol. The van der Waals surface area contributed by atoms with Crippen LogP contribution in [0.3, 0.4) is 0 Å². The second kappa shape index (κ2) is 7.59. The van der Waals surface area contributed by atoms with Gasteiger partial charge in [-0.05, 0) is 24.5 Å². The van der Waals surface area contributed by atoms with Crippen molar-refractivity contribution in [3.63, 3.8) is 0 Å².